The van der Waals surface area contributed by atoms with Gasteiger partial charge in [-0.25, -0.2) is 17.9 Å². The molecule has 1 aromatic heterocycles. The summed E-state index contributed by atoms with van der Waals surface area (Å²) in [4.78, 5) is 3.51. The summed E-state index contributed by atoms with van der Waals surface area (Å²) in [6, 6.07) is 11.0. The van der Waals surface area contributed by atoms with Gasteiger partial charge in [-0.1, -0.05) is 24.3 Å². The fraction of sp³-hybridized carbons (Fsp3) is 0.0556. The van der Waals surface area contributed by atoms with Gasteiger partial charge in [0, 0.05) is 17.3 Å². The summed E-state index contributed by atoms with van der Waals surface area (Å²) < 4.78 is 75.0. The summed E-state index contributed by atoms with van der Waals surface area (Å²) in [6.45, 7) is 0. The second-order valence-electron chi connectivity index (χ2n) is 5.66. The minimum atomic E-state index is -4.46. The van der Waals surface area contributed by atoms with Crippen molar-refractivity contribution in [2.75, 3.05) is 0 Å². The Balaban J connectivity index is 2.09. The Morgan fingerprint density at radius 1 is 0.926 bits per heavy atom. The molecule has 0 radical (unpaired) electrons. The second kappa shape index (κ2) is 6.75. The summed E-state index contributed by atoms with van der Waals surface area (Å²) >= 11 is 0. The Kier molecular flexibility index (Phi) is 4.75. The molecule has 0 atom stereocenters. The fourth-order valence-corrected chi connectivity index (χ4v) is 3.17. The molecule has 0 spiro atoms. The van der Waals surface area contributed by atoms with Gasteiger partial charge in [0.25, 0.3) is 0 Å². The summed E-state index contributed by atoms with van der Waals surface area (Å²) in [5.74, 6) is -1.04. The lowest BCUT2D eigenvalue weighted by Gasteiger charge is -2.11. The molecule has 27 heavy (non-hydrogen) atoms. The lowest BCUT2D eigenvalue weighted by atomic mass is 9.98. The van der Waals surface area contributed by atoms with E-state index >= 15 is 0 Å². The van der Waals surface area contributed by atoms with Crippen molar-refractivity contribution in [2.24, 2.45) is 5.14 Å². The number of hydrogen-bond acceptors (Lipinski definition) is 3. The van der Waals surface area contributed by atoms with E-state index in [9.17, 15) is 26.0 Å². The fourth-order valence-electron chi connectivity index (χ4n) is 2.59. The van der Waals surface area contributed by atoms with Gasteiger partial charge in [0.15, 0.2) is 0 Å². The van der Waals surface area contributed by atoms with E-state index in [1.807, 2.05) is 0 Å². The quantitative estimate of drug-likeness (QED) is 0.674. The minimum Gasteiger partial charge on any atom is -0.256 e. The summed E-state index contributed by atoms with van der Waals surface area (Å²) in [5.41, 5.74) is 0.670. The van der Waals surface area contributed by atoms with Crippen molar-refractivity contribution in [1.29, 1.82) is 0 Å². The third-order valence-electron chi connectivity index (χ3n) is 3.84. The number of halogens is 4. The molecule has 2 N–H and O–H groups in total. The first-order chi connectivity index (χ1) is 12.6. The molecular weight excluding hydrogens is 384 g/mol. The molecule has 140 valence electrons. The van der Waals surface area contributed by atoms with Crippen LogP contribution in [0.25, 0.3) is 22.4 Å². The Morgan fingerprint density at radius 2 is 1.56 bits per heavy atom. The summed E-state index contributed by atoms with van der Waals surface area (Å²) in [5, 5.41) is 4.94. The number of alkyl halides is 3. The van der Waals surface area contributed by atoms with Gasteiger partial charge < -0.3 is 0 Å². The largest absolute Gasteiger partial charge is 0.416 e. The number of pyridine rings is 1. The maximum absolute atomic E-state index is 14.1. The molecule has 2 aromatic carbocycles. The van der Waals surface area contributed by atoms with Gasteiger partial charge in [-0.05, 0) is 35.9 Å². The van der Waals surface area contributed by atoms with Crippen LogP contribution in [0.4, 0.5) is 17.6 Å². The zero-order chi connectivity index (χ0) is 19.8. The normalized spacial score (nSPS) is 12.2. The van der Waals surface area contributed by atoms with Crippen molar-refractivity contribution in [3.8, 4) is 22.4 Å². The van der Waals surface area contributed by atoms with Crippen LogP contribution in [0.15, 0.2) is 65.7 Å². The number of hydrogen-bond donors (Lipinski definition) is 1. The van der Waals surface area contributed by atoms with Crippen LogP contribution in [0, 0.1) is 5.82 Å². The number of primary sulfonamides is 1. The van der Waals surface area contributed by atoms with E-state index in [-0.39, 0.29) is 11.3 Å². The van der Waals surface area contributed by atoms with Crippen molar-refractivity contribution in [2.45, 2.75) is 11.1 Å². The molecule has 0 aliphatic heterocycles. The number of nitrogens with two attached hydrogens (primary N) is 1. The topological polar surface area (TPSA) is 73.1 Å². The highest BCUT2D eigenvalue weighted by Gasteiger charge is 2.30. The number of nitrogens with zero attached hydrogens (tertiary/aromatic N) is 1. The maximum Gasteiger partial charge on any atom is 0.416 e. The Bertz CT molecular complexity index is 1100. The highest BCUT2D eigenvalue weighted by molar-refractivity contribution is 7.89. The number of rotatable bonds is 3. The van der Waals surface area contributed by atoms with Gasteiger partial charge in [-0.15, -0.1) is 0 Å². The molecule has 3 rings (SSSR count). The predicted octanol–water partition coefficient (Wildman–Crippen LogP) is 4.22. The zero-order valence-electron chi connectivity index (χ0n) is 13.5. The van der Waals surface area contributed by atoms with E-state index in [4.69, 9.17) is 5.14 Å². The van der Waals surface area contributed by atoms with Crippen LogP contribution in [0.5, 0.6) is 0 Å². The average molecular weight is 396 g/mol. The molecule has 0 unspecified atom stereocenters. The van der Waals surface area contributed by atoms with E-state index in [2.05, 4.69) is 4.98 Å². The Labute approximate surface area is 152 Å². The van der Waals surface area contributed by atoms with E-state index < -0.39 is 32.5 Å². The van der Waals surface area contributed by atoms with Gasteiger partial charge >= 0.3 is 6.18 Å². The molecule has 3 aromatic rings. The van der Waals surface area contributed by atoms with E-state index in [1.54, 1.807) is 12.1 Å². The number of benzene rings is 2. The Morgan fingerprint density at radius 3 is 2.11 bits per heavy atom. The lowest BCUT2D eigenvalue weighted by molar-refractivity contribution is -0.137. The van der Waals surface area contributed by atoms with Crippen molar-refractivity contribution < 1.29 is 26.0 Å². The average Bonchev–Trinajstić information content (AvgIpc) is 2.60. The van der Waals surface area contributed by atoms with Crippen LogP contribution in [-0.2, 0) is 16.2 Å². The van der Waals surface area contributed by atoms with Crippen LogP contribution in [0.1, 0.15) is 5.56 Å². The summed E-state index contributed by atoms with van der Waals surface area (Å²) in [7, 11) is -4.22. The van der Waals surface area contributed by atoms with Crippen molar-refractivity contribution in [1.82, 2.24) is 4.98 Å². The predicted molar refractivity (Wildman–Crippen MR) is 91.4 cm³/mol. The summed E-state index contributed by atoms with van der Waals surface area (Å²) in [6.07, 6.45) is -3.02. The molecular formula is C18H12F4N2O2S. The standard InChI is InChI=1S/C18H12F4N2O2S/c19-15-10-12(5-8-16(15)27(23,25)26)17-14(2-1-9-24-17)11-3-6-13(7-4-11)18(20,21)22/h1-10H,(H2,23,25,26). The maximum atomic E-state index is 14.1. The number of aromatic nitrogens is 1. The molecule has 1 heterocycles. The Hall–Kier alpha value is -2.78. The SMILES string of the molecule is NS(=O)(=O)c1ccc(-c2ncccc2-c2ccc(C(F)(F)F)cc2)cc1F. The first kappa shape index (κ1) is 19.0. The van der Waals surface area contributed by atoms with Gasteiger partial charge in [-0.2, -0.15) is 13.2 Å². The first-order valence-electron chi connectivity index (χ1n) is 7.53. The van der Waals surface area contributed by atoms with Crippen molar-refractivity contribution >= 4 is 10.0 Å². The molecule has 9 heteroatoms. The highest BCUT2D eigenvalue weighted by Crippen LogP contribution is 2.34. The van der Waals surface area contributed by atoms with Crippen LogP contribution in [-0.4, -0.2) is 13.4 Å². The molecule has 0 bridgehead atoms. The first-order valence-corrected chi connectivity index (χ1v) is 9.07. The van der Waals surface area contributed by atoms with E-state index in [1.165, 1.54) is 24.4 Å². The van der Waals surface area contributed by atoms with Gasteiger partial charge in [0.2, 0.25) is 10.0 Å². The molecule has 0 saturated carbocycles. The molecule has 4 nitrogen and oxygen atoms in total. The van der Waals surface area contributed by atoms with Crippen LogP contribution >= 0.6 is 0 Å². The van der Waals surface area contributed by atoms with Crippen LogP contribution < -0.4 is 5.14 Å². The van der Waals surface area contributed by atoms with Gasteiger partial charge in [0.05, 0.1) is 11.3 Å². The zero-order valence-corrected chi connectivity index (χ0v) is 14.4. The molecule has 0 amide bonds. The molecule has 0 aliphatic rings. The lowest BCUT2D eigenvalue weighted by Crippen LogP contribution is -2.14. The van der Waals surface area contributed by atoms with Gasteiger partial charge in [-0.3, -0.25) is 4.98 Å². The second-order valence-corrected chi connectivity index (χ2v) is 7.19. The molecule has 0 aliphatic carbocycles. The minimum absolute atomic E-state index is 0.260. The van der Waals surface area contributed by atoms with E-state index in [0.29, 0.717) is 11.1 Å². The van der Waals surface area contributed by atoms with Crippen LogP contribution in [0.3, 0.4) is 0 Å². The molecule has 0 saturated heterocycles. The van der Waals surface area contributed by atoms with Gasteiger partial charge in [0.1, 0.15) is 10.7 Å². The third-order valence-corrected chi connectivity index (χ3v) is 4.79. The van der Waals surface area contributed by atoms with Crippen molar-refractivity contribution in [3.05, 3.63) is 72.2 Å². The highest BCUT2D eigenvalue weighted by atomic mass is 32.2. The van der Waals surface area contributed by atoms with Crippen LogP contribution in [0.2, 0.25) is 0 Å². The number of sulfonamides is 1. The third kappa shape index (κ3) is 3.99. The molecule has 0 fully saturated rings. The smallest absolute Gasteiger partial charge is 0.256 e. The van der Waals surface area contributed by atoms with Crippen molar-refractivity contribution in [3.63, 3.8) is 0 Å². The van der Waals surface area contributed by atoms with E-state index in [0.717, 1.165) is 24.3 Å². The monoisotopic (exact) mass is 396 g/mol.